The summed E-state index contributed by atoms with van der Waals surface area (Å²) in [5.74, 6) is 0.202. The molecule has 1 aromatic rings. The van der Waals surface area contributed by atoms with Crippen LogP contribution in [0.2, 0.25) is 5.02 Å². The van der Waals surface area contributed by atoms with Gasteiger partial charge in [0.15, 0.2) is 0 Å². The highest BCUT2D eigenvalue weighted by atomic mass is 35.5. The van der Waals surface area contributed by atoms with Crippen LogP contribution in [0.25, 0.3) is 0 Å². The van der Waals surface area contributed by atoms with E-state index in [1.165, 1.54) is 0 Å². The van der Waals surface area contributed by atoms with Crippen molar-refractivity contribution in [2.45, 2.75) is 29.5 Å². The lowest BCUT2D eigenvalue weighted by Gasteiger charge is -2.45. The Morgan fingerprint density at radius 3 is 3.10 bits per heavy atom. The first-order chi connectivity index (χ1) is 9.61. The Bertz CT molecular complexity index is 540. The summed E-state index contributed by atoms with van der Waals surface area (Å²) >= 11 is 7.68. The van der Waals surface area contributed by atoms with E-state index in [0.29, 0.717) is 16.5 Å². The van der Waals surface area contributed by atoms with Crippen molar-refractivity contribution in [2.75, 3.05) is 12.9 Å². The number of hydrogen-bond donors (Lipinski definition) is 2. The molecule has 1 saturated carbocycles. The van der Waals surface area contributed by atoms with Gasteiger partial charge in [-0.25, -0.2) is 0 Å². The van der Waals surface area contributed by atoms with Crippen molar-refractivity contribution in [3.05, 3.63) is 28.8 Å². The highest BCUT2D eigenvalue weighted by molar-refractivity contribution is 7.98. The smallest absolute Gasteiger partial charge is 0.253 e. The van der Waals surface area contributed by atoms with E-state index in [9.17, 15) is 4.79 Å². The first-order valence-corrected chi connectivity index (χ1v) is 8.23. The third kappa shape index (κ3) is 2.33. The second kappa shape index (κ2) is 5.56. The van der Waals surface area contributed by atoms with Crippen molar-refractivity contribution in [3.63, 3.8) is 0 Å². The van der Waals surface area contributed by atoms with Crippen molar-refractivity contribution in [2.24, 2.45) is 11.7 Å². The van der Waals surface area contributed by atoms with E-state index >= 15 is 0 Å². The summed E-state index contributed by atoms with van der Waals surface area (Å²) in [4.78, 5) is 13.4. The van der Waals surface area contributed by atoms with Crippen molar-refractivity contribution in [3.8, 4) is 0 Å². The molecule has 108 valence electrons. The largest absolute Gasteiger partial charge is 0.376 e. The lowest BCUT2D eigenvalue weighted by atomic mass is 9.72. The van der Waals surface area contributed by atoms with E-state index in [0.717, 1.165) is 17.9 Å². The van der Waals surface area contributed by atoms with Crippen molar-refractivity contribution in [1.82, 2.24) is 5.32 Å². The lowest BCUT2D eigenvalue weighted by molar-refractivity contribution is -0.0161. The topological polar surface area (TPSA) is 64.4 Å². The Labute approximate surface area is 127 Å². The number of nitrogens with two attached hydrogens (primary N) is 1. The van der Waals surface area contributed by atoms with Crippen LogP contribution in [-0.2, 0) is 4.74 Å². The maximum atomic E-state index is 12.4. The number of hydrogen-bond acceptors (Lipinski definition) is 4. The molecule has 2 aliphatic rings. The summed E-state index contributed by atoms with van der Waals surface area (Å²) in [6.45, 7) is 0.734. The zero-order valence-corrected chi connectivity index (χ0v) is 12.7. The van der Waals surface area contributed by atoms with Gasteiger partial charge in [0.1, 0.15) is 0 Å². The van der Waals surface area contributed by atoms with Gasteiger partial charge in [-0.15, -0.1) is 11.8 Å². The van der Waals surface area contributed by atoms with Gasteiger partial charge in [0.05, 0.1) is 22.7 Å². The molecular weight excluding hydrogens is 296 g/mol. The zero-order chi connectivity index (χ0) is 14.3. The Hall–Kier alpha value is -0.750. The van der Waals surface area contributed by atoms with Crippen LogP contribution in [0, 0.1) is 5.92 Å². The number of carbonyl (C=O) groups excluding carboxylic acids is 1. The number of amides is 1. The first-order valence-electron chi connectivity index (χ1n) is 6.63. The van der Waals surface area contributed by atoms with Gasteiger partial charge in [0.25, 0.3) is 5.91 Å². The summed E-state index contributed by atoms with van der Waals surface area (Å²) in [5, 5.41) is 3.42. The number of benzene rings is 1. The van der Waals surface area contributed by atoms with Crippen molar-refractivity contribution < 1.29 is 9.53 Å². The first kappa shape index (κ1) is 14.2. The fourth-order valence-corrected chi connectivity index (χ4v) is 3.61. The zero-order valence-electron chi connectivity index (χ0n) is 11.1. The number of fused-ring (bicyclic) bond motifs is 1. The monoisotopic (exact) mass is 312 g/mol. The summed E-state index contributed by atoms with van der Waals surface area (Å²) in [7, 11) is 0. The van der Waals surface area contributed by atoms with E-state index in [1.807, 2.05) is 12.3 Å². The number of rotatable bonds is 3. The van der Waals surface area contributed by atoms with Gasteiger partial charge in [-0.1, -0.05) is 11.6 Å². The average Bonchev–Trinajstić information content (AvgIpc) is 2.89. The maximum Gasteiger partial charge on any atom is 0.253 e. The average molecular weight is 313 g/mol. The minimum atomic E-state index is -0.180. The van der Waals surface area contributed by atoms with E-state index in [4.69, 9.17) is 22.1 Å². The minimum absolute atomic E-state index is 0.0195. The van der Waals surface area contributed by atoms with Crippen LogP contribution < -0.4 is 11.1 Å². The standard InChI is InChI=1S/C14H17ClN2O2S/c1-20-7-2-3-10(15)9(6-7)14(18)17-12-11(16)8-4-5-19-13(8)12/h2-3,6,8,11-13H,4-5,16H2,1H3,(H,17,18). The Morgan fingerprint density at radius 1 is 1.55 bits per heavy atom. The van der Waals surface area contributed by atoms with Crippen LogP contribution in [0.15, 0.2) is 23.1 Å². The number of carbonyl (C=O) groups is 1. The molecule has 1 saturated heterocycles. The van der Waals surface area contributed by atoms with Gasteiger partial charge in [0.2, 0.25) is 0 Å². The van der Waals surface area contributed by atoms with Crippen LogP contribution in [0.4, 0.5) is 0 Å². The third-order valence-electron chi connectivity index (χ3n) is 4.16. The molecule has 4 unspecified atom stereocenters. The second-order valence-electron chi connectivity index (χ2n) is 5.21. The lowest BCUT2D eigenvalue weighted by Crippen LogP contribution is -2.68. The number of halogens is 1. The van der Waals surface area contributed by atoms with E-state index in [2.05, 4.69) is 5.32 Å². The summed E-state index contributed by atoms with van der Waals surface area (Å²) in [6, 6.07) is 5.32. The molecule has 1 heterocycles. The Morgan fingerprint density at radius 2 is 2.35 bits per heavy atom. The molecule has 1 aliphatic carbocycles. The molecule has 0 spiro atoms. The number of ether oxygens (including phenoxy) is 1. The second-order valence-corrected chi connectivity index (χ2v) is 6.50. The van der Waals surface area contributed by atoms with Crippen LogP contribution >= 0.6 is 23.4 Å². The van der Waals surface area contributed by atoms with Crippen molar-refractivity contribution >= 4 is 29.3 Å². The van der Waals surface area contributed by atoms with Gasteiger partial charge in [-0.3, -0.25) is 4.79 Å². The Balaban J connectivity index is 1.73. The molecule has 3 rings (SSSR count). The van der Waals surface area contributed by atoms with Crippen LogP contribution in [0.1, 0.15) is 16.8 Å². The van der Waals surface area contributed by atoms with Gasteiger partial charge in [-0.2, -0.15) is 0 Å². The predicted molar refractivity (Wildman–Crippen MR) is 80.3 cm³/mol. The summed E-state index contributed by atoms with van der Waals surface area (Å²) in [5.41, 5.74) is 6.59. The molecule has 4 nitrogen and oxygen atoms in total. The quantitative estimate of drug-likeness (QED) is 0.837. The molecule has 20 heavy (non-hydrogen) atoms. The molecule has 0 bridgehead atoms. The molecule has 0 aromatic heterocycles. The highest BCUT2D eigenvalue weighted by Gasteiger charge is 2.52. The van der Waals surface area contributed by atoms with E-state index in [-0.39, 0.29) is 24.1 Å². The molecule has 4 atom stereocenters. The number of thioether (sulfide) groups is 1. The van der Waals surface area contributed by atoms with Gasteiger partial charge in [-0.05, 0) is 30.9 Å². The molecule has 1 aromatic carbocycles. The molecule has 0 radical (unpaired) electrons. The molecular formula is C14H17ClN2O2S. The van der Waals surface area contributed by atoms with Gasteiger partial charge in [0, 0.05) is 23.5 Å². The van der Waals surface area contributed by atoms with Gasteiger partial charge < -0.3 is 15.8 Å². The third-order valence-corrected chi connectivity index (χ3v) is 5.22. The van der Waals surface area contributed by atoms with Crippen LogP contribution in [0.3, 0.4) is 0 Å². The fraction of sp³-hybridized carbons (Fsp3) is 0.500. The minimum Gasteiger partial charge on any atom is -0.376 e. The number of nitrogens with one attached hydrogen (secondary N) is 1. The Kier molecular flexibility index (Phi) is 3.95. The fourth-order valence-electron chi connectivity index (χ4n) is 2.96. The van der Waals surface area contributed by atoms with E-state index < -0.39 is 0 Å². The highest BCUT2D eigenvalue weighted by Crippen LogP contribution is 2.38. The summed E-state index contributed by atoms with van der Waals surface area (Å²) < 4.78 is 5.61. The predicted octanol–water partition coefficient (Wildman–Crippen LogP) is 1.91. The SMILES string of the molecule is CSc1ccc(Cl)c(C(=O)NC2C(N)C3CCOC32)c1. The summed E-state index contributed by atoms with van der Waals surface area (Å²) in [6.07, 6.45) is 3.02. The van der Waals surface area contributed by atoms with Crippen molar-refractivity contribution in [1.29, 1.82) is 0 Å². The molecule has 1 amide bonds. The molecule has 2 fully saturated rings. The molecule has 1 aliphatic heterocycles. The normalized spacial score (nSPS) is 31.6. The van der Waals surface area contributed by atoms with Gasteiger partial charge >= 0.3 is 0 Å². The van der Waals surface area contributed by atoms with Crippen LogP contribution in [-0.4, -0.2) is 37.0 Å². The molecule has 6 heteroatoms. The maximum absolute atomic E-state index is 12.4. The van der Waals surface area contributed by atoms with Crippen LogP contribution in [0.5, 0.6) is 0 Å². The molecule has 3 N–H and O–H groups in total. The van der Waals surface area contributed by atoms with E-state index in [1.54, 1.807) is 23.9 Å².